The number of hydrogen-bond donors (Lipinski definition) is 2. The summed E-state index contributed by atoms with van der Waals surface area (Å²) in [6.07, 6.45) is 1.34. The van der Waals surface area contributed by atoms with Gasteiger partial charge < -0.3 is 15.5 Å². The van der Waals surface area contributed by atoms with E-state index in [4.69, 9.17) is 11.6 Å². The third-order valence-electron chi connectivity index (χ3n) is 4.65. The molecule has 1 heterocycles. The zero-order valence-corrected chi connectivity index (χ0v) is 17.5. The molecule has 2 aromatic carbocycles. The second kappa shape index (κ2) is 8.25. The van der Waals surface area contributed by atoms with Crippen molar-refractivity contribution in [1.82, 2.24) is 0 Å². The fourth-order valence-electron chi connectivity index (χ4n) is 2.95. The highest BCUT2D eigenvalue weighted by Crippen LogP contribution is 2.30. The van der Waals surface area contributed by atoms with Gasteiger partial charge in [0.25, 0.3) is 5.91 Å². The number of amides is 3. The van der Waals surface area contributed by atoms with E-state index in [0.29, 0.717) is 40.6 Å². The van der Waals surface area contributed by atoms with Crippen molar-refractivity contribution >= 4 is 46.4 Å². The zero-order chi connectivity index (χ0) is 21.2. The van der Waals surface area contributed by atoms with Gasteiger partial charge in [-0.2, -0.15) is 0 Å². The summed E-state index contributed by atoms with van der Waals surface area (Å²) in [7, 11) is 0. The van der Waals surface area contributed by atoms with Gasteiger partial charge in [0.05, 0.1) is 10.7 Å². The van der Waals surface area contributed by atoms with Gasteiger partial charge in [-0.1, -0.05) is 38.4 Å². The number of rotatable bonds is 4. The van der Waals surface area contributed by atoms with Crippen molar-refractivity contribution in [3.63, 3.8) is 0 Å². The molecule has 1 fully saturated rings. The van der Waals surface area contributed by atoms with E-state index < -0.39 is 5.41 Å². The van der Waals surface area contributed by atoms with Gasteiger partial charge in [-0.05, 0) is 42.8 Å². The van der Waals surface area contributed by atoms with Crippen molar-refractivity contribution < 1.29 is 14.4 Å². The molecule has 2 N–H and O–H groups in total. The molecular weight excluding hydrogens is 390 g/mol. The third-order valence-corrected chi connectivity index (χ3v) is 4.98. The summed E-state index contributed by atoms with van der Waals surface area (Å²) < 4.78 is 0. The molecule has 2 aromatic rings. The van der Waals surface area contributed by atoms with E-state index in [0.717, 1.165) is 6.42 Å². The molecule has 3 amide bonds. The predicted molar refractivity (Wildman–Crippen MR) is 116 cm³/mol. The van der Waals surface area contributed by atoms with Crippen molar-refractivity contribution in [3.05, 3.63) is 53.1 Å². The number of anilines is 3. The first-order valence-electron chi connectivity index (χ1n) is 9.48. The Morgan fingerprint density at radius 1 is 1.07 bits per heavy atom. The fraction of sp³-hybridized carbons (Fsp3) is 0.318. The minimum Gasteiger partial charge on any atom is -0.326 e. The first kappa shape index (κ1) is 20.9. The molecule has 1 saturated heterocycles. The lowest BCUT2D eigenvalue weighted by Crippen LogP contribution is -2.27. The van der Waals surface area contributed by atoms with E-state index in [1.165, 1.54) is 0 Å². The van der Waals surface area contributed by atoms with Crippen molar-refractivity contribution in [1.29, 1.82) is 0 Å². The molecule has 1 aliphatic rings. The Balaban J connectivity index is 1.77. The summed E-state index contributed by atoms with van der Waals surface area (Å²) >= 11 is 6.25. The van der Waals surface area contributed by atoms with Crippen LogP contribution >= 0.6 is 11.6 Å². The minimum absolute atomic E-state index is 0.0619. The van der Waals surface area contributed by atoms with Gasteiger partial charge in [0, 0.05) is 35.3 Å². The highest BCUT2D eigenvalue weighted by Gasteiger charge is 2.23. The van der Waals surface area contributed by atoms with E-state index >= 15 is 0 Å². The average Bonchev–Trinajstić information content (AvgIpc) is 3.09. The molecule has 3 rings (SSSR count). The maximum absolute atomic E-state index is 12.7. The monoisotopic (exact) mass is 413 g/mol. The molecule has 0 aromatic heterocycles. The molecule has 0 spiro atoms. The lowest BCUT2D eigenvalue weighted by molar-refractivity contribution is -0.123. The van der Waals surface area contributed by atoms with E-state index in [2.05, 4.69) is 10.6 Å². The molecule has 29 heavy (non-hydrogen) atoms. The third kappa shape index (κ3) is 4.95. The van der Waals surface area contributed by atoms with E-state index in [1.54, 1.807) is 47.4 Å². The van der Waals surface area contributed by atoms with Crippen LogP contribution in [0.5, 0.6) is 0 Å². The molecule has 152 valence electrons. The normalized spacial score (nSPS) is 14.1. The Morgan fingerprint density at radius 3 is 2.48 bits per heavy atom. The van der Waals surface area contributed by atoms with Crippen LogP contribution in [0.15, 0.2) is 42.5 Å². The van der Waals surface area contributed by atoms with Crippen molar-refractivity contribution in [3.8, 4) is 0 Å². The topological polar surface area (TPSA) is 78.5 Å². The number of hydrogen-bond acceptors (Lipinski definition) is 3. The smallest absolute Gasteiger partial charge is 0.255 e. The van der Waals surface area contributed by atoms with Crippen LogP contribution in [0.1, 0.15) is 44.0 Å². The van der Waals surface area contributed by atoms with Gasteiger partial charge in [-0.25, -0.2) is 0 Å². The lowest BCUT2D eigenvalue weighted by atomic mass is 9.95. The minimum atomic E-state index is -0.542. The highest BCUT2D eigenvalue weighted by atomic mass is 35.5. The number of benzene rings is 2. The van der Waals surface area contributed by atoms with Gasteiger partial charge in [0.2, 0.25) is 11.8 Å². The summed E-state index contributed by atoms with van der Waals surface area (Å²) in [5.41, 5.74) is 1.52. The summed E-state index contributed by atoms with van der Waals surface area (Å²) in [6.45, 7) is 6.11. The van der Waals surface area contributed by atoms with Crippen molar-refractivity contribution in [2.45, 2.75) is 33.6 Å². The Hall–Kier alpha value is -2.86. The van der Waals surface area contributed by atoms with Gasteiger partial charge in [-0.3, -0.25) is 14.4 Å². The van der Waals surface area contributed by atoms with Crippen LogP contribution in [0.4, 0.5) is 17.1 Å². The van der Waals surface area contributed by atoms with Crippen LogP contribution < -0.4 is 15.5 Å². The predicted octanol–water partition coefficient (Wildman–Crippen LogP) is 4.70. The quantitative estimate of drug-likeness (QED) is 0.762. The largest absolute Gasteiger partial charge is 0.326 e. The zero-order valence-electron chi connectivity index (χ0n) is 16.7. The Morgan fingerprint density at radius 2 is 1.83 bits per heavy atom. The van der Waals surface area contributed by atoms with Crippen LogP contribution in [0.3, 0.4) is 0 Å². The molecule has 0 saturated carbocycles. The lowest BCUT2D eigenvalue weighted by Gasteiger charge is -2.18. The van der Waals surface area contributed by atoms with Gasteiger partial charge in [0.15, 0.2) is 0 Å². The molecule has 6 nitrogen and oxygen atoms in total. The SMILES string of the molecule is CC(C)(C)C(=O)Nc1cccc(C(=O)Nc2cc(N3CCCC3=O)ccc2Cl)c1. The maximum Gasteiger partial charge on any atom is 0.255 e. The van der Waals surface area contributed by atoms with Crippen LogP contribution in [-0.4, -0.2) is 24.3 Å². The summed E-state index contributed by atoms with van der Waals surface area (Å²) in [6, 6.07) is 11.8. The van der Waals surface area contributed by atoms with Crippen LogP contribution in [0.25, 0.3) is 0 Å². The van der Waals surface area contributed by atoms with Crippen LogP contribution in [-0.2, 0) is 9.59 Å². The van der Waals surface area contributed by atoms with E-state index in [-0.39, 0.29) is 17.7 Å². The molecule has 0 atom stereocenters. The molecular formula is C22H24ClN3O3. The molecule has 0 bridgehead atoms. The summed E-state index contributed by atoms with van der Waals surface area (Å²) in [4.78, 5) is 38.6. The number of carbonyl (C=O) groups excluding carboxylic acids is 3. The number of nitrogens with zero attached hydrogens (tertiary/aromatic N) is 1. The van der Waals surface area contributed by atoms with Gasteiger partial charge in [0.1, 0.15) is 0 Å². The van der Waals surface area contributed by atoms with E-state index in [9.17, 15) is 14.4 Å². The number of nitrogens with one attached hydrogen (secondary N) is 2. The van der Waals surface area contributed by atoms with Crippen molar-refractivity contribution in [2.75, 3.05) is 22.1 Å². The Labute approximate surface area is 175 Å². The average molecular weight is 414 g/mol. The Kier molecular flexibility index (Phi) is 5.94. The first-order chi connectivity index (χ1) is 13.6. The second-order valence-electron chi connectivity index (χ2n) is 8.05. The molecule has 7 heteroatoms. The highest BCUT2D eigenvalue weighted by molar-refractivity contribution is 6.34. The standard InChI is InChI=1S/C22H24ClN3O3/c1-22(2,3)21(29)24-15-7-4-6-14(12-15)20(28)25-18-13-16(9-10-17(18)23)26-11-5-8-19(26)27/h4,6-7,9-10,12-13H,5,8,11H2,1-3H3,(H,24,29)(H,25,28). The van der Waals surface area contributed by atoms with Crippen LogP contribution in [0.2, 0.25) is 5.02 Å². The fourth-order valence-corrected chi connectivity index (χ4v) is 3.11. The molecule has 0 unspecified atom stereocenters. The summed E-state index contributed by atoms with van der Waals surface area (Å²) in [5.74, 6) is -0.434. The first-order valence-corrected chi connectivity index (χ1v) is 9.86. The molecule has 0 aliphatic carbocycles. The molecule has 1 aliphatic heterocycles. The Bertz CT molecular complexity index is 966. The number of carbonyl (C=O) groups is 3. The van der Waals surface area contributed by atoms with Gasteiger partial charge in [-0.15, -0.1) is 0 Å². The van der Waals surface area contributed by atoms with Crippen LogP contribution in [0, 0.1) is 5.41 Å². The van der Waals surface area contributed by atoms with Crippen molar-refractivity contribution in [2.24, 2.45) is 5.41 Å². The number of halogens is 1. The maximum atomic E-state index is 12.7. The molecule has 0 radical (unpaired) electrons. The second-order valence-corrected chi connectivity index (χ2v) is 8.46. The van der Waals surface area contributed by atoms with Gasteiger partial charge >= 0.3 is 0 Å². The summed E-state index contributed by atoms with van der Waals surface area (Å²) in [5, 5.41) is 5.99. The van der Waals surface area contributed by atoms with E-state index in [1.807, 2.05) is 20.8 Å².